The lowest BCUT2D eigenvalue weighted by Gasteiger charge is -2.29. The molecule has 0 bridgehead atoms. The van der Waals surface area contributed by atoms with Gasteiger partial charge in [0.1, 0.15) is 0 Å². The van der Waals surface area contributed by atoms with Crippen LogP contribution in [0.15, 0.2) is 24.3 Å². The summed E-state index contributed by atoms with van der Waals surface area (Å²) in [5.74, 6) is 0.523. The maximum Gasteiger partial charge on any atom is 0.251 e. The summed E-state index contributed by atoms with van der Waals surface area (Å²) in [4.78, 5) is 12.1. The number of amides is 1. The van der Waals surface area contributed by atoms with E-state index in [1.807, 2.05) is 38.1 Å². The third-order valence-corrected chi connectivity index (χ3v) is 3.58. The normalized spacial score (nSPS) is 18.5. The van der Waals surface area contributed by atoms with Gasteiger partial charge in [-0.25, -0.2) is 0 Å². The van der Waals surface area contributed by atoms with E-state index in [9.17, 15) is 4.79 Å². The molecule has 3 nitrogen and oxygen atoms in total. The number of hydrogen-bond donors (Lipinski definition) is 2. The van der Waals surface area contributed by atoms with E-state index in [1.54, 1.807) is 0 Å². The zero-order chi connectivity index (χ0) is 12.5. The maximum atomic E-state index is 12.1. The van der Waals surface area contributed by atoms with E-state index in [0.29, 0.717) is 18.0 Å². The van der Waals surface area contributed by atoms with Crippen LogP contribution in [0.4, 0.5) is 0 Å². The lowest BCUT2D eigenvalue weighted by Crippen LogP contribution is -2.53. The molecule has 0 aliphatic heterocycles. The first-order valence-electron chi connectivity index (χ1n) is 6.14. The average molecular weight is 232 g/mol. The Morgan fingerprint density at radius 2 is 2.24 bits per heavy atom. The fourth-order valence-electron chi connectivity index (χ4n) is 2.16. The molecule has 0 aromatic heterocycles. The predicted molar refractivity (Wildman–Crippen MR) is 68.8 cm³/mol. The molecule has 17 heavy (non-hydrogen) atoms. The van der Waals surface area contributed by atoms with Crippen molar-refractivity contribution in [3.63, 3.8) is 0 Å². The summed E-state index contributed by atoms with van der Waals surface area (Å²) in [7, 11) is 0. The van der Waals surface area contributed by atoms with Crippen molar-refractivity contribution in [3.05, 3.63) is 35.4 Å². The summed E-state index contributed by atoms with van der Waals surface area (Å²) in [5, 5.41) is 3.08. The van der Waals surface area contributed by atoms with Crippen LogP contribution in [0.25, 0.3) is 0 Å². The highest BCUT2D eigenvalue weighted by atomic mass is 16.1. The average Bonchev–Trinajstić information content (AvgIpc) is 3.13. The van der Waals surface area contributed by atoms with Gasteiger partial charge < -0.3 is 11.1 Å². The van der Waals surface area contributed by atoms with Crippen LogP contribution in [0.1, 0.15) is 35.7 Å². The van der Waals surface area contributed by atoms with E-state index < -0.39 is 0 Å². The van der Waals surface area contributed by atoms with Crippen molar-refractivity contribution in [1.82, 2.24) is 5.32 Å². The van der Waals surface area contributed by atoms with E-state index in [4.69, 9.17) is 5.73 Å². The first-order valence-corrected chi connectivity index (χ1v) is 6.14. The fraction of sp³-hybridized carbons (Fsp3) is 0.500. The summed E-state index contributed by atoms with van der Waals surface area (Å²) in [5.41, 5.74) is 7.35. The lowest BCUT2D eigenvalue weighted by molar-refractivity contribution is 0.0897. The molecule has 92 valence electrons. The molecular formula is C14H20N2O. The summed E-state index contributed by atoms with van der Waals surface area (Å²) < 4.78 is 0. The van der Waals surface area contributed by atoms with E-state index in [-0.39, 0.29) is 11.4 Å². The first kappa shape index (κ1) is 12.1. The summed E-state index contributed by atoms with van der Waals surface area (Å²) in [6.45, 7) is 4.52. The molecule has 0 heterocycles. The Kier molecular flexibility index (Phi) is 3.20. The standard InChI is InChI=1S/C14H20N2O/c1-10-4-3-5-11(8-10)13(17)16-14(2,9-15)12-6-7-12/h3-5,8,12H,6-7,9,15H2,1-2H3,(H,16,17). The van der Waals surface area contributed by atoms with Crippen LogP contribution >= 0.6 is 0 Å². The van der Waals surface area contributed by atoms with Crippen LogP contribution in [0.5, 0.6) is 0 Å². The Bertz CT molecular complexity index is 426. The van der Waals surface area contributed by atoms with Gasteiger partial charge in [0.2, 0.25) is 0 Å². The van der Waals surface area contributed by atoms with Crippen molar-refractivity contribution < 1.29 is 4.79 Å². The van der Waals surface area contributed by atoms with Crippen molar-refractivity contribution in [3.8, 4) is 0 Å². The van der Waals surface area contributed by atoms with Crippen molar-refractivity contribution >= 4 is 5.91 Å². The van der Waals surface area contributed by atoms with Gasteiger partial charge in [0.05, 0.1) is 5.54 Å². The van der Waals surface area contributed by atoms with Gasteiger partial charge in [0.25, 0.3) is 5.91 Å². The monoisotopic (exact) mass is 232 g/mol. The van der Waals surface area contributed by atoms with Crippen LogP contribution in [0.2, 0.25) is 0 Å². The topological polar surface area (TPSA) is 55.1 Å². The smallest absolute Gasteiger partial charge is 0.251 e. The second-order valence-corrected chi connectivity index (χ2v) is 5.22. The molecule has 0 saturated heterocycles. The summed E-state index contributed by atoms with van der Waals surface area (Å²) >= 11 is 0. The van der Waals surface area contributed by atoms with Crippen molar-refractivity contribution in [2.75, 3.05) is 6.54 Å². The second-order valence-electron chi connectivity index (χ2n) is 5.22. The molecule has 2 rings (SSSR count). The van der Waals surface area contributed by atoms with Gasteiger partial charge >= 0.3 is 0 Å². The largest absolute Gasteiger partial charge is 0.345 e. The molecule has 1 aliphatic rings. The lowest BCUT2D eigenvalue weighted by atomic mass is 9.95. The van der Waals surface area contributed by atoms with E-state index in [0.717, 1.165) is 5.56 Å². The van der Waals surface area contributed by atoms with Crippen molar-refractivity contribution in [2.45, 2.75) is 32.2 Å². The highest BCUT2D eigenvalue weighted by Gasteiger charge is 2.41. The molecule has 1 aromatic rings. The Labute approximate surface area is 102 Å². The molecule has 0 spiro atoms. The van der Waals surface area contributed by atoms with Crippen LogP contribution in [-0.4, -0.2) is 18.0 Å². The predicted octanol–water partition coefficient (Wildman–Crippen LogP) is 1.85. The Hall–Kier alpha value is -1.35. The molecular weight excluding hydrogens is 212 g/mol. The zero-order valence-electron chi connectivity index (χ0n) is 10.5. The molecule has 3 heteroatoms. The minimum absolute atomic E-state index is 0.0199. The summed E-state index contributed by atoms with van der Waals surface area (Å²) in [6.07, 6.45) is 2.34. The number of carbonyl (C=O) groups excluding carboxylic acids is 1. The molecule has 1 aliphatic carbocycles. The van der Waals surface area contributed by atoms with Crippen molar-refractivity contribution in [1.29, 1.82) is 0 Å². The third-order valence-electron chi connectivity index (χ3n) is 3.58. The second kappa shape index (κ2) is 4.49. The van der Waals surface area contributed by atoms with Crippen LogP contribution in [0.3, 0.4) is 0 Å². The zero-order valence-corrected chi connectivity index (χ0v) is 10.5. The Balaban J connectivity index is 2.10. The van der Waals surface area contributed by atoms with Gasteiger partial charge in [0.15, 0.2) is 0 Å². The highest BCUT2D eigenvalue weighted by molar-refractivity contribution is 5.94. The van der Waals surface area contributed by atoms with E-state index in [1.165, 1.54) is 12.8 Å². The Morgan fingerprint density at radius 1 is 1.53 bits per heavy atom. The SMILES string of the molecule is Cc1cccc(C(=O)NC(C)(CN)C2CC2)c1. The number of nitrogens with two attached hydrogens (primary N) is 1. The molecule has 1 amide bonds. The van der Waals surface area contributed by atoms with Crippen LogP contribution < -0.4 is 11.1 Å². The van der Waals surface area contributed by atoms with Gasteiger partial charge in [-0.15, -0.1) is 0 Å². The maximum absolute atomic E-state index is 12.1. The first-order chi connectivity index (χ1) is 8.05. The van der Waals surface area contributed by atoms with Gasteiger partial charge in [-0.2, -0.15) is 0 Å². The molecule has 1 aromatic carbocycles. The summed E-state index contributed by atoms with van der Waals surface area (Å²) in [6, 6.07) is 7.63. The molecule has 0 radical (unpaired) electrons. The fourth-order valence-corrected chi connectivity index (χ4v) is 2.16. The minimum Gasteiger partial charge on any atom is -0.345 e. The van der Waals surface area contributed by atoms with Crippen molar-refractivity contribution in [2.24, 2.45) is 11.7 Å². The number of aryl methyl sites for hydroxylation is 1. The van der Waals surface area contributed by atoms with Crippen LogP contribution in [0, 0.1) is 12.8 Å². The molecule has 1 saturated carbocycles. The van der Waals surface area contributed by atoms with E-state index >= 15 is 0 Å². The Morgan fingerprint density at radius 3 is 2.76 bits per heavy atom. The molecule has 3 N–H and O–H groups in total. The van der Waals surface area contributed by atoms with Gasteiger partial charge in [-0.05, 0) is 44.7 Å². The molecule has 1 unspecified atom stereocenters. The number of nitrogens with one attached hydrogen (secondary N) is 1. The number of carbonyl (C=O) groups is 1. The quantitative estimate of drug-likeness (QED) is 0.832. The van der Waals surface area contributed by atoms with E-state index in [2.05, 4.69) is 5.32 Å². The van der Waals surface area contributed by atoms with Gasteiger partial charge in [-0.1, -0.05) is 17.7 Å². The molecule has 1 fully saturated rings. The third kappa shape index (κ3) is 2.67. The number of rotatable bonds is 4. The minimum atomic E-state index is -0.249. The molecule has 1 atom stereocenters. The number of hydrogen-bond acceptors (Lipinski definition) is 2. The van der Waals surface area contributed by atoms with Crippen LogP contribution in [-0.2, 0) is 0 Å². The highest BCUT2D eigenvalue weighted by Crippen LogP contribution is 2.39. The van der Waals surface area contributed by atoms with Gasteiger partial charge in [-0.3, -0.25) is 4.79 Å². The number of benzene rings is 1. The van der Waals surface area contributed by atoms with Gasteiger partial charge in [0, 0.05) is 12.1 Å².